The first kappa shape index (κ1) is 37.0. The summed E-state index contributed by atoms with van der Waals surface area (Å²) in [6, 6.07) is 7.93. The van der Waals surface area contributed by atoms with Crippen molar-refractivity contribution < 1.29 is 49.4 Å². The lowest BCUT2D eigenvalue weighted by Gasteiger charge is -2.20. The molecule has 2 fully saturated rings. The molecule has 46 heavy (non-hydrogen) atoms. The van der Waals surface area contributed by atoms with E-state index in [1.165, 1.54) is 18.5 Å². The van der Waals surface area contributed by atoms with Crippen molar-refractivity contribution in [3.05, 3.63) is 47.5 Å². The fourth-order valence-corrected chi connectivity index (χ4v) is 5.13. The van der Waals surface area contributed by atoms with Crippen LogP contribution >= 0.6 is 11.6 Å². The van der Waals surface area contributed by atoms with Gasteiger partial charge in [-0.2, -0.15) is 16.8 Å². The van der Waals surface area contributed by atoms with Gasteiger partial charge in [0.25, 0.3) is 20.2 Å². The zero-order chi connectivity index (χ0) is 34.2. The number of likely N-dealkylation sites (tertiary alicyclic amines) is 1. The Morgan fingerprint density at radius 1 is 0.978 bits per heavy atom. The molecule has 0 spiro atoms. The number of hydrogen-bond donors (Lipinski definition) is 3. The third-order valence-corrected chi connectivity index (χ3v) is 7.11. The third kappa shape index (κ3) is 11.7. The van der Waals surface area contributed by atoms with Gasteiger partial charge in [0.05, 0.1) is 36.8 Å². The van der Waals surface area contributed by atoms with Crippen molar-refractivity contribution in [2.24, 2.45) is 11.8 Å². The van der Waals surface area contributed by atoms with Crippen LogP contribution in [0, 0.1) is 17.7 Å². The lowest BCUT2D eigenvalue weighted by atomic mass is 9.80. The van der Waals surface area contributed by atoms with Crippen LogP contribution in [0.5, 0.6) is 11.5 Å². The first-order chi connectivity index (χ1) is 21.4. The number of hydrogen-bond acceptors (Lipinski definition) is 12. The molecule has 3 N–H and O–H groups in total. The molecule has 1 aliphatic heterocycles. The highest BCUT2D eigenvalue weighted by atomic mass is 35.5. The van der Waals surface area contributed by atoms with Crippen LogP contribution in [0.1, 0.15) is 19.3 Å². The molecule has 1 aromatic heterocycles. The second kappa shape index (κ2) is 15.9. The zero-order valence-electron chi connectivity index (χ0n) is 25.1. The Morgan fingerprint density at radius 2 is 1.57 bits per heavy atom. The summed E-state index contributed by atoms with van der Waals surface area (Å²) >= 11 is 5.91. The highest BCUT2D eigenvalue weighted by Crippen LogP contribution is 2.36. The Bertz CT molecular complexity index is 1720. The van der Waals surface area contributed by atoms with Gasteiger partial charge in [-0.05, 0) is 30.7 Å². The molecule has 252 valence electrons. The van der Waals surface area contributed by atoms with E-state index >= 15 is 0 Å². The average molecular weight is 705 g/mol. The Kier molecular flexibility index (Phi) is 12.8. The fourth-order valence-electron chi connectivity index (χ4n) is 4.95. The Labute approximate surface area is 270 Å². The number of nitrogens with zero attached hydrogens (tertiary/aromatic N) is 3. The van der Waals surface area contributed by atoms with Crippen molar-refractivity contribution in [2.45, 2.75) is 19.3 Å². The number of nitrogens with one attached hydrogen (secondary N) is 1. The molecule has 2 heterocycles. The van der Waals surface area contributed by atoms with E-state index in [0.717, 1.165) is 13.0 Å². The summed E-state index contributed by atoms with van der Waals surface area (Å²) in [5.41, 5.74) is 1.24. The fraction of sp³-hybridized carbons (Fsp3) is 0.429. The molecule has 0 amide bonds. The molecule has 1 aliphatic carbocycles. The molecule has 0 bridgehead atoms. The number of fused-ring (bicyclic) bond motifs is 2. The van der Waals surface area contributed by atoms with E-state index < -0.39 is 26.1 Å². The first-order valence-electron chi connectivity index (χ1n) is 13.7. The molecule has 2 aromatic carbocycles. The lowest BCUT2D eigenvalue weighted by molar-refractivity contribution is -0.135. The summed E-state index contributed by atoms with van der Waals surface area (Å²) in [6.07, 6.45) is 4.35. The van der Waals surface area contributed by atoms with Gasteiger partial charge < -0.3 is 19.7 Å². The molecule has 3 aromatic rings. The predicted octanol–water partition coefficient (Wildman–Crippen LogP) is 3.43. The molecule has 14 nitrogen and oxygen atoms in total. The van der Waals surface area contributed by atoms with Gasteiger partial charge in [0.1, 0.15) is 29.5 Å². The molecule has 1 saturated heterocycles. The van der Waals surface area contributed by atoms with E-state index in [-0.39, 0.29) is 28.4 Å². The normalized spacial score (nSPS) is 18.2. The molecule has 18 heteroatoms. The van der Waals surface area contributed by atoms with Crippen molar-refractivity contribution in [1.29, 1.82) is 0 Å². The molecular formula is C28H34ClFN4O10S2. The number of rotatable bonds is 8. The molecule has 2 aliphatic rings. The Hall–Kier alpha value is -3.48. The second-order valence-electron chi connectivity index (χ2n) is 10.6. The van der Waals surface area contributed by atoms with Crippen LogP contribution in [0.15, 0.2) is 36.7 Å². The second-order valence-corrected chi connectivity index (χ2v) is 13.9. The molecule has 2 atom stereocenters. The first-order valence-corrected chi connectivity index (χ1v) is 17.8. The number of ether oxygens (including phenoxy) is 2. The average Bonchev–Trinajstić information content (AvgIpc) is 3.39. The number of ketones is 2. The van der Waals surface area contributed by atoms with Gasteiger partial charge in [0, 0.05) is 61.5 Å². The molecule has 0 unspecified atom stereocenters. The van der Waals surface area contributed by atoms with E-state index in [1.807, 2.05) is 6.07 Å². The molecule has 5 rings (SSSR count). The topological polar surface area (TPSA) is 202 Å². The third-order valence-electron chi connectivity index (χ3n) is 6.82. The molecule has 1 saturated carbocycles. The van der Waals surface area contributed by atoms with E-state index in [0.29, 0.717) is 79.0 Å². The summed E-state index contributed by atoms with van der Waals surface area (Å²) in [5.74, 6) is 1.25. The van der Waals surface area contributed by atoms with Crippen molar-refractivity contribution in [2.75, 3.05) is 51.2 Å². The van der Waals surface area contributed by atoms with Crippen LogP contribution < -0.4 is 14.8 Å². The minimum Gasteiger partial charge on any atom is -0.493 e. The van der Waals surface area contributed by atoms with Crippen molar-refractivity contribution in [3.8, 4) is 11.5 Å². The van der Waals surface area contributed by atoms with Gasteiger partial charge in [-0.3, -0.25) is 18.7 Å². The van der Waals surface area contributed by atoms with Crippen molar-refractivity contribution >= 4 is 65.8 Å². The van der Waals surface area contributed by atoms with Gasteiger partial charge in [-0.1, -0.05) is 11.6 Å². The largest absolute Gasteiger partial charge is 0.493 e. The Balaban J connectivity index is 0.000000503. The lowest BCUT2D eigenvalue weighted by Crippen LogP contribution is -2.33. The maximum atomic E-state index is 13.5. The summed E-state index contributed by atoms with van der Waals surface area (Å²) in [5, 5.41) is 3.87. The standard InChI is InChI=1S/C26H26ClFN4O4.2CH4O3S/c1-35-24-11-21-16(26(30-14-29-21)31-15-3-4-20(28)19(27)9-15)10-25(24)36-8-2-7-32-12-17-18(13-32)23(34)6-5-22(17)33;2*1-5(2,3)4/h3-4,9-11,14,17-18H,2,5-8,12-13H2,1H3,(H,29,30,31);2*1H3,(H,2,3,4)/t17-,18+;;. The van der Waals surface area contributed by atoms with Crippen LogP contribution in [0.3, 0.4) is 0 Å². The Morgan fingerprint density at radius 3 is 2.11 bits per heavy atom. The summed E-state index contributed by atoms with van der Waals surface area (Å²) in [4.78, 5) is 35.2. The van der Waals surface area contributed by atoms with Crippen LogP contribution in [0.25, 0.3) is 10.9 Å². The maximum Gasteiger partial charge on any atom is 0.261 e. The predicted molar refractivity (Wildman–Crippen MR) is 169 cm³/mol. The number of halogens is 2. The number of aromatic nitrogens is 2. The van der Waals surface area contributed by atoms with E-state index in [4.69, 9.17) is 30.2 Å². The minimum atomic E-state index is -3.67. The quantitative estimate of drug-likeness (QED) is 0.227. The van der Waals surface area contributed by atoms with Crippen molar-refractivity contribution in [3.63, 3.8) is 0 Å². The molecular weight excluding hydrogens is 671 g/mol. The van der Waals surface area contributed by atoms with Gasteiger partial charge in [-0.15, -0.1) is 0 Å². The van der Waals surface area contributed by atoms with Crippen LogP contribution in [-0.2, 0) is 29.8 Å². The van der Waals surface area contributed by atoms with Gasteiger partial charge in [0.15, 0.2) is 11.5 Å². The van der Waals surface area contributed by atoms with Crippen LogP contribution in [-0.4, -0.2) is 98.2 Å². The van der Waals surface area contributed by atoms with Crippen LogP contribution in [0.2, 0.25) is 5.02 Å². The van der Waals surface area contributed by atoms with Crippen LogP contribution in [0.4, 0.5) is 15.9 Å². The highest BCUT2D eigenvalue weighted by Gasteiger charge is 2.43. The van der Waals surface area contributed by atoms with E-state index in [9.17, 15) is 30.8 Å². The number of benzene rings is 2. The van der Waals surface area contributed by atoms with Crippen molar-refractivity contribution in [1.82, 2.24) is 14.9 Å². The van der Waals surface area contributed by atoms with Gasteiger partial charge in [-0.25, -0.2) is 14.4 Å². The number of Topliss-reactive ketones (excluding diaryl/α,β-unsaturated/α-hetero) is 2. The smallest absolute Gasteiger partial charge is 0.261 e. The minimum absolute atomic E-state index is 0.00930. The number of methoxy groups -OCH3 is 1. The van der Waals surface area contributed by atoms with E-state index in [2.05, 4.69) is 20.2 Å². The number of carbonyl (C=O) groups excluding carboxylic acids is 2. The SMILES string of the molecule is COc1cc2ncnc(Nc3ccc(F)c(Cl)c3)c2cc1OCCCN1C[C@@H]2C(=O)CCC(=O)[C@@H]2C1.CS(=O)(=O)O.CS(=O)(=O)O. The highest BCUT2D eigenvalue weighted by molar-refractivity contribution is 7.85. The summed E-state index contributed by atoms with van der Waals surface area (Å²) in [7, 11) is -5.77. The summed E-state index contributed by atoms with van der Waals surface area (Å²) < 4.78 is 76.8. The summed E-state index contributed by atoms with van der Waals surface area (Å²) in [6.45, 7) is 2.47. The number of anilines is 2. The number of carbonyl (C=O) groups is 2. The van der Waals surface area contributed by atoms with Gasteiger partial charge in [0.2, 0.25) is 0 Å². The van der Waals surface area contributed by atoms with Gasteiger partial charge >= 0.3 is 0 Å². The maximum absolute atomic E-state index is 13.5. The van der Waals surface area contributed by atoms with E-state index in [1.54, 1.807) is 19.2 Å². The molecule has 0 radical (unpaired) electrons. The zero-order valence-corrected chi connectivity index (χ0v) is 27.5. The monoisotopic (exact) mass is 704 g/mol.